The van der Waals surface area contributed by atoms with Gasteiger partial charge in [-0.25, -0.2) is 4.79 Å². The molecule has 0 aliphatic heterocycles. The van der Waals surface area contributed by atoms with Gasteiger partial charge in [0, 0.05) is 29.6 Å². The number of ether oxygens (including phenoxy) is 1. The summed E-state index contributed by atoms with van der Waals surface area (Å²) in [4.78, 5) is 29.0. The Balaban J connectivity index is 1.44. The summed E-state index contributed by atoms with van der Waals surface area (Å²) in [5, 5.41) is 7.04. The Kier molecular flexibility index (Phi) is 7.43. The summed E-state index contributed by atoms with van der Waals surface area (Å²) >= 11 is 0. The number of fused-ring (bicyclic) bond motifs is 1. The molecule has 0 bridgehead atoms. The van der Waals surface area contributed by atoms with Crippen molar-refractivity contribution in [2.24, 2.45) is 0 Å². The molecule has 3 aromatic rings. The summed E-state index contributed by atoms with van der Waals surface area (Å²) in [6.07, 6.45) is 8.39. The Hall–Kier alpha value is -3.28. The zero-order chi connectivity index (χ0) is 22.2. The van der Waals surface area contributed by atoms with Gasteiger partial charge < -0.3 is 20.4 Å². The van der Waals surface area contributed by atoms with Crippen molar-refractivity contribution in [3.8, 4) is 0 Å². The van der Waals surface area contributed by atoms with Gasteiger partial charge in [-0.2, -0.15) is 0 Å². The third-order valence-corrected chi connectivity index (χ3v) is 6.12. The van der Waals surface area contributed by atoms with E-state index in [1.807, 2.05) is 60.8 Å². The van der Waals surface area contributed by atoms with Crippen LogP contribution in [0.4, 0.5) is 4.79 Å². The molecule has 32 heavy (non-hydrogen) atoms. The van der Waals surface area contributed by atoms with Crippen LogP contribution in [0.1, 0.15) is 49.7 Å². The predicted molar refractivity (Wildman–Crippen MR) is 125 cm³/mol. The SMILES string of the molecule is O=C(N[C@@H](Cc1c[nH]c2ccccc12)C(=O)NC1CCCCCC1)OCc1ccccc1. The van der Waals surface area contributed by atoms with Crippen LogP contribution in [0, 0.1) is 0 Å². The zero-order valence-electron chi connectivity index (χ0n) is 18.3. The summed E-state index contributed by atoms with van der Waals surface area (Å²) in [5.74, 6) is -0.154. The number of H-pyrrole nitrogens is 1. The number of benzene rings is 2. The number of rotatable bonds is 7. The summed E-state index contributed by atoms with van der Waals surface area (Å²) in [7, 11) is 0. The number of aromatic amines is 1. The van der Waals surface area contributed by atoms with E-state index in [4.69, 9.17) is 4.74 Å². The Morgan fingerprint density at radius 1 is 0.969 bits per heavy atom. The second-order valence-electron chi connectivity index (χ2n) is 8.52. The molecule has 1 fully saturated rings. The van der Waals surface area contributed by atoms with E-state index >= 15 is 0 Å². The number of hydrogen-bond donors (Lipinski definition) is 3. The third-order valence-electron chi connectivity index (χ3n) is 6.12. The number of amides is 2. The quantitative estimate of drug-likeness (QED) is 0.466. The topological polar surface area (TPSA) is 83.2 Å². The monoisotopic (exact) mass is 433 g/mol. The van der Waals surface area contributed by atoms with Gasteiger partial charge in [-0.3, -0.25) is 4.79 Å². The lowest BCUT2D eigenvalue weighted by Gasteiger charge is -2.22. The Bertz CT molecular complexity index is 1020. The summed E-state index contributed by atoms with van der Waals surface area (Å²) in [6.45, 7) is 0.163. The fourth-order valence-corrected chi connectivity index (χ4v) is 4.36. The third kappa shape index (κ3) is 5.90. The maximum Gasteiger partial charge on any atom is 0.408 e. The number of alkyl carbamates (subject to hydrolysis) is 1. The molecule has 1 aromatic heterocycles. The minimum Gasteiger partial charge on any atom is -0.445 e. The average Bonchev–Trinajstić information content (AvgIpc) is 3.04. The molecule has 6 heteroatoms. The highest BCUT2D eigenvalue weighted by molar-refractivity contribution is 5.88. The molecule has 0 saturated heterocycles. The van der Waals surface area contributed by atoms with Crippen LogP contribution in [0.15, 0.2) is 60.8 Å². The lowest BCUT2D eigenvalue weighted by Crippen LogP contribution is -2.50. The first-order valence-electron chi connectivity index (χ1n) is 11.5. The molecule has 2 aromatic carbocycles. The number of carbonyl (C=O) groups is 2. The molecule has 1 atom stereocenters. The molecule has 2 amide bonds. The Morgan fingerprint density at radius 2 is 1.69 bits per heavy atom. The molecule has 3 N–H and O–H groups in total. The highest BCUT2D eigenvalue weighted by Crippen LogP contribution is 2.20. The summed E-state index contributed by atoms with van der Waals surface area (Å²) in [6, 6.07) is 16.9. The van der Waals surface area contributed by atoms with Crippen LogP contribution in [0.5, 0.6) is 0 Å². The molecule has 4 rings (SSSR count). The van der Waals surface area contributed by atoms with E-state index in [0.29, 0.717) is 6.42 Å². The van der Waals surface area contributed by atoms with Gasteiger partial charge in [0.25, 0.3) is 0 Å². The molecule has 168 valence electrons. The fraction of sp³-hybridized carbons (Fsp3) is 0.385. The van der Waals surface area contributed by atoms with Crippen LogP contribution in [0.2, 0.25) is 0 Å². The number of carbonyl (C=O) groups excluding carboxylic acids is 2. The molecular weight excluding hydrogens is 402 g/mol. The highest BCUT2D eigenvalue weighted by atomic mass is 16.5. The van der Waals surface area contributed by atoms with Crippen LogP contribution in [-0.2, 0) is 22.6 Å². The number of nitrogens with one attached hydrogen (secondary N) is 3. The molecule has 6 nitrogen and oxygen atoms in total. The van der Waals surface area contributed by atoms with Crippen molar-refractivity contribution in [1.82, 2.24) is 15.6 Å². The summed E-state index contributed by atoms with van der Waals surface area (Å²) in [5.41, 5.74) is 2.90. The second kappa shape index (κ2) is 10.8. The van der Waals surface area contributed by atoms with Gasteiger partial charge in [-0.15, -0.1) is 0 Å². The van der Waals surface area contributed by atoms with Crippen LogP contribution in [0.25, 0.3) is 10.9 Å². The van der Waals surface area contributed by atoms with Gasteiger partial charge in [0.15, 0.2) is 0 Å². The molecule has 1 aliphatic carbocycles. The van der Waals surface area contributed by atoms with E-state index < -0.39 is 12.1 Å². The van der Waals surface area contributed by atoms with Gasteiger partial charge >= 0.3 is 6.09 Å². The van der Waals surface area contributed by atoms with Gasteiger partial charge in [-0.1, -0.05) is 74.2 Å². The molecule has 1 saturated carbocycles. The molecular formula is C26H31N3O3. The smallest absolute Gasteiger partial charge is 0.408 e. The maximum atomic E-state index is 13.2. The molecule has 0 unspecified atom stereocenters. The molecule has 1 aliphatic rings. The first-order chi connectivity index (χ1) is 15.7. The van der Waals surface area contributed by atoms with E-state index in [9.17, 15) is 9.59 Å². The number of aromatic nitrogens is 1. The van der Waals surface area contributed by atoms with E-state index in [2.05, 4.69) is 15.6 Å². The van der Waals surface area contributed by atoms with Crippen LogP contribution in [0.3, 0.4) is 0 Å². The predicted octanol–water partition coefficient (Wildman–Crippen LogP) is 4.84. The van der Waals surface area contributed by atoms with Crippen molar-refractivity contribution in [3.05, 3.63) is 71.9 Å². The number of hydrogen-bond acceptors (Lipinski definition) is 3. The lowest BCUT2D eigenvalue weighted by atomic mass is 10.0. The van der Waals surface area contributed by atoms with E-state index in [-0.39, 0.29) is 18.6 Å². The van der Waals surface area contributed by atoms with Crippen molar-refractivity contribution in [2.75, 3.05) is 0 Å². The van der Waals surface area contributed by atoms with Crippen molar-refractivity contribution >= 4 is 22.9 Å². The van der Waals surface area contributed by atoms with Gasteiger partial charge in [0.2, 0.25) is 5.91 Å². The Labute approximate surface area is 188 Å². The minimum atomic E-state index is -0.708. The second-order valence-corrected chi connectivity index (χ2v) is 8.52. The van der Waals surface area contributed by atoms with Crippen molar-refractivity contribution in [3.63, 3.8) is 0 Å². The largest absolute Gasteiger partial charge is 0.445 e. The first kappa shape index (κ1) is 21.9. The maximum absolute atomic E-state index is 13.2. The van der Waals surface area contributed by atoms with Gasteiger partial charge in [0.1, 0.15) is 12.6 Å². The Morgan fingerprint density at radius 3 is 2.47 bits per heavy atom. The van der Waals surface area contributed by atoms with E-state index in [1.165, 1.54) is 12.8 Å². The standard InChI is InChI=1S/C26H31N3O3/c30-25(28-21-12-6-1-2-7-13-21)24(16-20-17-27-23-15-9-8-14-22(20)23)29-26(31)32-18-19-10-4-3-5-11-19/h3-5,8-11,14-15,17,21,24,27H,1-2,6-7,12-13,16,18H2,(H,28,30)(H,29,31)/t24-/m0/s1. The normalized spacial score (nSPS) is 15.6. The lowest BCUT2D eigenvalue weighted by molar-refractivity contribution is -0.123. The van der Waals surface area contributed by atoms with E-state index in [0.717, 1.165) is 47.7 Å². The van der Waals surface area contributed by atoms with Crippen molar-refractivity contribution in [2.45, 2.75) is 63.6 Å². The average molecular weight is 434 g/mol. The van der Waals surface area contributed by atoms with Crippen molar-refractivity contribution < 1.29 is 14.3 Å². The van der Waals surface area contributed by atoms with E-state index in [1.54, 1.807) is 0 Å². The highest BCUT2D eigenvalue weighted by Gasteiger charge is 2.25. The fourth-order valence-electron chi connectivity index (χ4n) is 4.36. The van der Waals surface area contributed by atoms with Crippen LogP contribution in [-0.4, -0.2) is 29.1 Å². The van der Waals surface area contributed by atoms with Crippen LogP contribution < -0.4 is 10.6 Å². The molecule has 0 spiro atoms. The summed E-state index contributed by atoms with van der Waals surface area (Å²) < 4.78 is 5.39. The van der Waals surface area contributed by atoms with Crippen LogP contribution >= 0.6 is 0 Å². The molecule has 0 radical (unpaired) electrons. The zero-order valence-corrected chi connectivity index (χ0v) is 18.3. The first-order valence-corrected chi connectivity index (χ1v) is 11.5. The molecule has 1 heterocycles. The van der Waals surface area contributed by atoms with Crippen molar-refractivity contribution in [1.29, 1.82) is 0 Å². The minimum absolute atomic E-state index is 0.154. The van der Waals surface area contributed by atoms with Gasteiger partial charge in [-0.05, 0) is 30.0 Å². The number of para-hydroxylation sites is 1. The van der Waals surface area contributed by atoms with Gasteiger partial charge in [0.05, 0.1) is 0 Å².